The monoisotopic (exact) mass is 340 g/mol. The first-order chi connectivity index (χ1) is 10.9. The highest BCUT2D eigenvalue weighted by atomic mass is 32.2. The lowest BCUT2D eigenvalue weighted by Gasteiger charge is -2.22. The maximum atomic E-state index is 12.7. The summed E-state index contributed by atoms with van der Waals surface area (Å²) >= 11 is 0. The summed E-state index contributed by atoms with van der Waals surface area (Å²) in [5.41, 5.74) is 0. The predicted molar refractivity (Wildman–Crippen MR) is 82.8 cm³/mol. The van der Waals surface area contributed by atoms with Gasteiger partial charge in [0.25, 0.3) is 0 Å². The third kappa shape index (κ3) is 3.85. The van der Waals surface area contributed by atoms with Gasteiger partial charge in [0.1, 0.15) is 4.90 Å². The largest absolute Gasteiger partial charge is 0.359 e. The van der Waals surface area contributed by atoms with Gasteiger partial charge in [0.15, 0.2) is 0 Å². The smallest absolute Gasteiger partial charge is 0.244 e. The molecule has 8 nitrogen and oxygen atoms in total. The Morgan fingerprint density at radius 1 is 1.30 bits per heavy atom. The van der Waals surface area contributed by atoms with E-state index in [0.29, 0.717) is 0 Å². The van der Waals surface area contributed by atoms with Gasteiger partial charge in [-0.15, -0.1) is 0 Å². The molecule has 9 heteroatoms. The van der Waals surface area contributed by atoms with E-state index in [1.54, 1.807) is 6.07 Å². The predicted octanol–water partition coefficient (Wildman–Crippen LogP) is -0.703. The fraction of sp³-hybridized carbons (Fsp3) is 0.500. The molecule has 23 heavy (non-hydrogen) atoms. The summed E-state index contributed by atoms with van der Waals surface area (Å²) in [7, 11) is -2.26. The number of hydrogen-bond acceptors (Lipinski definition) is 5. The molecule has 2 rings (SSSR count). The Hall–Kier alpha value is -2.00. The molecular formula is C14H20N4O4S. The molecule has 1 saturated heterocycles. The lowest BCUT2D eigenvalue weighted by Crippen LogP contribution is -2.42. The zero-order valence-corrected chi connectivity index (χ0v) is 13.9. The highest BCUT2D eigenvalue weighted by Crippen LogP contribution is 2.19. The van der Waals surface area contributed by atoms with E-state index < -0.39 is 15.9 Å². The Balaban J connectivity index is 2.31. The number of sulfonamides is 1. The van der Waals surface area contributed by atoms with Crippen LogP contribution in [0.3, 0.4) is 0 Å². The van der Waals surface area contributed by atoms with E-state index in [2.05, 4.69) is 10.3 Å². The van der Waals surface area contributed by atoms with Gasteiger partial charge in [-0.1, -0.05) is 0 Å². The number of amides is 2. The van der Waals surface area contributed by atoms with E-state index in [9.17, 15) is 18.0 Å². The summed E-state index contributed by atoms with van der Waals surface area (Å²) in [5, 5.41) is 2.52. The highest BCUT2D eigenvalue weighted by Gasteiger charge is 2.34. The van der Waals surface area contributed by atoms with Crippen LogP contribution in [0.4, 0.5) is 0 Å². The van der Waals surface area contributed by atoms with Crippen molar-refractivity contribution in [1.29, 1.82) is 0 Å². The van der Waals surface area contributed by atoms with Crippen molar-refractivity contribution in [2.75, 3.05) is 33.2 Å². The third-order valence-electron chi connectivity index (χ3n) is 3.82. The molecule has 2 heterocycles. The molecule has 0 aromatic carbocycles. The van der Waals surface area contributed by atoms with E-state index in [-0.39, 0.29) is 42.9 Å². The van der Waals surface area contributed by atoms with Crippen LogP contribution >= 0.6 is 0 Å². The van der Waals surface area contributed by atoms with Gasteiger partial charge in [-0.25, -0.2) is 8.42 Å². The number of hydrogen-bond donors (Lipinski definition) is 1. The number of rotatable bonds is 3. The summed E-state index contributed by atoms with van der Waals surface area (Å²) in [4.78, 5) is 29.1. The number of carbonyl (C=O) groups is 2. The summed E-state index contributed by atoms with van der Waals surface area (Å²) in [6, 6.07) is 3.01. The Morgan fingerprint density at radius 2 is 2.04 bits per heavy atom. The van der Waals surface area contributed by atoms with Crippen molar-refractivity contribution < 1.29 is 18.0 Å². The third-order valence-corrected chi connectivity index (χ3v) is 5.67. The SMILES string of the molecule is CNC(=O)C1CN(C(C)=O)CCN(S(=O)(=O)c2cccnc2)C1. The fourth-order valence-corrected chi connectivity index (χ4v) is 3.95. The molecular weight excluding hydrogens is 320 g/mol. The lowest BCUT2D eigenvalue weighted by molar-refractivity contribution is -0.130. The molecule has 1 aromatic rings. The maximum Gasteiger partial charge on any atom is 0.244 e. The number of nitrogens with zero attached hydrogens (tertiary/aromatic N) is 3. The zero-order chi connectivity index (χ0) is 17.0. The number of nitrogens with one attached hydrogen (secondary N) is 1. The van der Waals surface area contributed by atoms with Crippen molar-refractivity contribution >= 4 is 21.8 Å². The van der Waals surface area contributed by atoms with Crippen molar-refractivity contribution in [2.45, 2.75) is 11.8 Å². The van der Waals surface area contributed by atoms with Crippen LogP contribution in [0.15, 0.2) is 29.4 Å². The van der Waals surface area contributed by atoms with Crippen LogP contribution in [0, 0.1) is 5.92 Å². The minimum Gasteiger partial charge on any atom is -0.359 e. The van der Waals surface area contributed by atoms with Crippen LogP contribution in [0.25, 0.3) is 0 Å². The fourth-order valence-electron chi connectivity index (χ4n) is 2.51. The summed E-state index contributed by atoms with van der Waals surface area (Å²) < 4.78 is 26.7. The Morgan fingerprint density at radius 3 is 2.61 bits per heavy atom. The molecule has 126 valence electrons. The molecule has 1 atom stereocenters. The van der Waals surface area contributed by atoms with Crippen molar-refractivity contribution in [3.63, 3.8) is 0 Å². The van der Waals surface area contributed by atoms with Gasteiger partial charge < -0.3 is 10.2 Å². The molecule has 1 fully saturated rings. The summed E-state index contributed by atoms with van der Waals surface area (Å²) in [6.45, 7) is 2.04. The summed E-state index contributed by atoms with van der Waals surface area (Å²) in [5.74, 6) is -1.08. The number of carbonyl (C=O) groups excluding carboxylic acids is 2. The average Bonchev–Trinajstić information content (AvgIpc) is 2.78. The van der Waals surface area contributed by atoms with E-state index in [1.165, 1.54) is 41.6 Å². The van der Waals surface area contributed by atoms with E-state index in [1.807, 2.05) is 0 Å². The second-order valence-corrected chi connectivity index (χ2v) is 7.27. The molecule has 0 spiro atoms. The Kier molecular flexibility index (Phi) is 5.32. The Bertz CT molecular complexity index is 677. The van der Waals surface area contributed by atoms with Crippen LogP contribution < -0.4 is 5.32 Å². The van der Waals surface area contributed by atoms with Gasteiger partial charge in [-0.3, -0.25) is 14.6 Å². The number of aromatic nitrogens is 1. The van der Waals surface area contributed by atoms with Gasteiger partial charge in [0.2, 0.25) is 21.8 Å². The second kappa shape index (κ2) is 7.05. The van der Waals surface area contributed by atoms with Crippen molar-refractivity contribution in [3.8, 4) is 0 Å². The van der Waals surface area contributed by atoms with Crippen molar-refractivity contribution in [1.82, 2.24) is 19.5 Å². The molecule has 0 aliphatic carbocycles. The lowest BCUT2D eigenvalue weighted by atomic mass is 10.1. The van der Waals surface area contributed by atoms with Gasteiger partial charge in [-0.05, 0) is 12.1 Å². The topological polar surface area (TPSA) is 99.7 Å². The van der Waals surface area contributed by atoms with Crippen molar-refractivity contribution in [2.24, 2.45) is 5.92 Å². The summed E-state index contributed by atoms with van der Waals surface area (Å²) in [6.07, 6.45) is 2.77. The molecule has 1 N–H and O–H groups in total. The quantitative estimate of drug-likeness (QED) is 0.784. The van der Waals surface area contributed by atoms with Crippen molar-refractivity contribution in [3.05, 3.63) is 24.5 Å². The average molecular weight is 340 g/mol. The minimum atomic E-state index is -3.76. The molecule has 1 aromatic heterocycles. The molecule has 1 aliphatic rings. The molecule has 1 unspecified atom stereocenters. The molecule has 0 saturated carbocycles. The second-order valence-electron chi connectivity index (χ2n) is 5.33. The first kappa shape index (κ1) is 17.4. The normalized spacial score (nSPS) is 19.9. The standard InChI is InChI=1S/C14H20N4O4S/c1-11(19)17-6-7-18(10-12(9-17)14(20)15-2)23(21,22)13-4-3-5-16-8-13/h3-5,8,12H,6-7,9-10H2,1-2H3,(H,15,20). The van der Waals surface area contributed by atoms with Gasteiger partial charge in [-0.2, -0.15) is 4.31 Å². The van der Waals surface area contributed by atoms with Crippen LogP contribution in [-0.2, 0) is 19.6 Å². The maximum absolute atomic E-state index is 12.7. The van der Waals surface area contributed by atoms with Crippen LogP contribution in [0.1, 0.15) is 6.92 Å². The van der Waals surface area contributed by atoms with E-state index >= 15 is 0 Å². The van der Waals surface area contributed by atoms with Gasteiger partial charge in [0, 0.05) is 52.5 Å². The zero-order valence-electron chi connectivity index (χ0n) is 13.1. The van der Waals surface area contributed by atoms with Crippen LogP contribution in [0.5, 0.6) is 0 Å². The van der Waals surface area contributed by atoms with Gasteiger partial charge in [0.05, 0.1) is 5.92 Å². The highest BCUT2D eigenvalue weighted by molar-refractivity contribution is 7.89. The van der Waals surface area contributed by atoms with Crippen LogP contribution in [0.2, 0.25) is 0 Å². The molecule has 2 amide bonds. The number of pyridine rings is 1. The van der Waals surface area contributed by atoms with Gasteiger partial charge >= 0.3 is 0 Å². The minimum absolute atomic E-state index is 0.0285. The molecule has 1 aliphatic heterocycles. The van der Waals surface area contributed by atoms with E-state index in [4.69, 9.17) is 0 Å². The first-order valence-electron chi connectivity index (χ1n) is 7.23. The van der Waals surface area contributed by atoms with Crippen LogP contribution in [-0.4, -0.2) is 67.6 Å². The molecule has 0 bridgehead atoms. The van der Waals surface area contributed by atoms with E-state index in [0.717, 1.165) is 0 Å². The molecule has 0 radical (unpaired) electrons. The Labute approximate surface area is 135 Å². The first-order valence-corrected chi connectivity index (χ1v) is 8.67.